The second-order valence-corrected chi connectivity index (χ2v) is 8.59. The molecule has 6 heteroatoms. The van der Waals surface area contributed by atoms with E-state index in [9.17, 15) is 9.59 Å². The van der Waals surface area contributed by atoms with Crippen molar-refractivity contribution >= 4 is 27.8 Å². The van der Waals surface area contributed by atoms with Crippen molar-refractivity contribution < 1.29 is 18.0 Å². The number of amides is 1. The first kappa shape index (κ1) is 20.0. The number of rotatable bonds is 5. The van der Waals surface area contributed by atoms with Gasteiger partial charge in [0.1, 0.15) is 16.9 Å². The van der Waals surface area contributed by atoms with Gasteiger partial charge in [0, 0.05) is 34.4 Å². The molecule has 1 aromatic carbocycles. The highest BCUT2D eigenvalue weighted by Gasteiger charge is 2.21. The van der Waals surface area contributed by atoms with E-state index < -0.39 is 5.63 Å². The third kappa shape index (κ3) is 3.77. The molecule has 0 atom stereocenters. The van der Waals surface area contributed by atoms with Gasteiger partial charge in [-0.2, -0.15) is 0 Å². The van der Waals surface area contributed by atoms with Gasteiger partial charge in [0.25, 0.3) is 0 Å². The van der Waals surface area contributed by atoms with E-state index in [-0.39, 0.29) is 17.7 Å². The Balaban J connectivity index is 1.62. The summed E-state index contributed by atoms with van der Waals surface area (Å²) in [6, 6.07) is 7.36. The highest BCUT2D eigenvalue weighted by Crippen LogP contribution is 2.35. The highest BCUT2D eigenvalue weighted by atomic mass is 16.4. The van der Waals surface area contributed by atoms with Crippen molar-refractivity contribution in [1.29, 1.82) is 0 Å². The number of carbonyl (C=O) groups excluding carboxylic acids is 1. The molecule has 1 N–H and O–H groups in total. The summed E-state index contributed by atoms with van der Waals surface area (Å²) in [5.41, 5.74) is 3.16. The van der Waals surface area contributed by atoms with Gasteiger partial charge in [-0.05, 0) is 42.5 Å². The number of carbonyl (C=O) groups is 1. The van der Waals surface area contributed by atoms with Crippen molar-refractivity contribution in [1.82, 2.24) is 5.32 Å². The third-order valence-corrected chi connectivity index (χ3v) is 5.43. The predicted molar refractivity (Wildman–Crippen MR) is 115 cm³/mol. The number of furan rings is 2. The Morgan fingerprint density at radius 2 is 1.90 bits per heavy atom. The summed E-state index contributed by atoms with van der Waals surface area (Å²) in [7, 11) is 0. The van der Waals surface area contributed by atoms with Gasteiger partial charge in [0.2, 0.25) is 5.91 Å². The van der Waals surface area contributed by atoms with Crippen LogP contribution < -0.4 is 10.9 Å². The van der Waals surface area contributed by atoms with Gasteiger partial charge in [0.15, 0.2) is 0 Å². The first-order chi connectivity index (χ1) is 14.2. The van der Waals surface area contributed by atoms with Gasteiger partial charge < -0.3 is 18.6 Å². The number of nitrogens with one attached hydrogen (secondary N) is 1. The van der Waals surface area contributed by atoms with Crippen LogP contribution in [0.3, 0.4) is 0 Å². The van der Waals surface area contributed by atoms with Crippen LogP contribution in [0, 0.1) is 6.92 Å². The summed E-state index contributed by atoms with van der Waals surface area (Å²) < 4.78 is 16.5. The minimum absolute atomic E-state index is 0.0721. The molecule has 1 amide bonds. The molecular weight excluding hydrogens is 382 g/mol. The summed E-state index contributed by atoms with van der Waals surface area (Å²) in [4.78, 5) is 24.8. The molecule has 3 heterocycles. The normalized spacial score (nSPS) is 12.0. The fraction of sp³-hybridized carbons (Fsp3) is 0.333. The van der Waals surface area contributed by atoms with Crippen LogP contribution in [-0.4, -0.2) is 5.91 Å². The Labute approximate surface area is 173 Å². The fourth-order valence-corrected chi connectivity index (χ4v) is 3.71. The SMILES string of the molecule is Cc1c(CCC(=O)NCc2ccco2)c(=O)oc2cc3occ(C(C)(C)C)c3cc12. The van der Waals surface area contributed by atoms with E-state index in [2.05, 4.69) is 26.1 Å². The highest BCUT2D eigenvalue weighted by molar-refractivity contribution is 5.96. The lowest BCUT2D eigenvalue weighted by Crippen LogP contribution is -2.24. The number of benzene rings is 1. The summed E-state index contributed by atoms with van der Waals surface area (Å²) >= 11 is 0. The lowest BCUT2D eigenvalue weighted by atomic mass is 9.86. The van der Waals surface area contributed by atoms with Crippen LogP contribution in [0.15, 0.2) is 54.8 Å². The zero-order valence-corrected chi connectivity index (χ0v) is 17.6. The monoisotopic (exact) mass is 407 g/mol. The lowest BCUT2D eigenvalue weighted by Gasteiger charge is -2.16. The molecule has 0 unspecified atom stereocenters. The quantitative estimate of drug-likeness (QED) is 0.471. The Kier molecular flexibility index (Phi) is 5.02. The maximum absolute atomic E-state index is 12.6. The van der Waals surface area contributed by atoms with E-state index in [0.717, 1.165) is 21.9 Å². The van der Waals surface area contributed by atoms with Gasteiger partial charge in [0.05, 0.1) is 19.1 Å². The summed E-state index contributed by atoms with van der Waals surface area (Å²) in [6.45, 7) is 8.62. The van der Waals surface area contributed by atoms with Crippen molar-refractivity contribution in [2.45, 2.75) is 52.5 Å². The molecule has 0 saturated heterocycles. The molecule has 0 radical (unpaired) electrons. The van der Waals surface area contributed by atoms with E-state index >= 15 is 0 Å². The molecule has 0 bridgehead atoms. The first-order valence-electron chi connectivity index (χ1n) is 10.0. The topological polar surface area (TPSA) is 85.6 Å². The zero-order chi connectivity index (χ0) is 21.5. The molecule has 0 saturated carbocycles. The van der Waals surface area contributed by atoms with Crippen LogP contribution in [-0.2, 0) is 23.2 Å². The second kappa shape index (κ2) is 7.52. The Bertz CT molecular complexity index is 1270. The van der Waals surface area contributed by atoms with Gasteiger partial charge in [-0.15, -0.1) is 0 Å². The largest absolute Gasteiger partial charge is 0.467 e. The molecule has 4 aromatic rings. The molecule has 4 rings (SSSR count). The molecule has 0 aliphatic carbocycles. The number of hydrogen-bond donors (Lipinski definition) is 1. The molecule has 0 aliphatic heterocycles. The zero-order valence-electron chi connectivity index (χ0n) is 17.6. The smallest absolute Gasteiger partial charge is 0.339 e. The molecule has 6 nitrogen and oxygen atoms in total. The standard InChI is InChI=1S/C24H25NO5/c1-14-16(7-8-22(26)25-12-15-6-5-9-28-15)23(27)30-21-11-20-18(10-17(14)21)19(13-29-20)24(2,3)4/h5-6,9-11,13H,7-8,12H2,1-4H3,(H,25,26). The Morgan fingerprint density at radius 3 is 2.60 bits per heavy atom. The second-order valence-electron chi connectivity index (χ2n) is 8.59. The minimum Gasteiger partial charge on any atom is -0.467 e. The summed E-state index contributed by atoms with van der Waals surface area (Å²) in [5.74, 6) is 0.536. The maximum Gasteiger partial charge on any atom is 0.339 e. The fourth-order valence-electron chi connectivity index (χ4n) is 3.71. The van der Waals surface area contributed by atoms with E-state index in [1.807, 2.05) is 13.0 Å². The lowest BCUT2D eigenvalue weighted by molar-refractivity contribution is -0.121. The van der Waals surface area contributed by atoms with Crippen LogP contribution in [0.1, 0.15) is 49.6 Å². The van der Waals surface area contributed by atoms with Gasteiger partial charge in [-0.3, -0.25) is 4.79 Å². The van der Waals surface area contributed by atoms with E-state index in [0.29, 0.717) is 35.5 Å². The number of aryl methyl sites for hydroxylation is 1. The van der Waals surface area contributed by atoms with Crippen molar-refractivity contribution in [2.75, 3.05) is 0 Å². The average molecular weight is 407 g/mol. The first-order valence-corrected chi connectivity index (χ1v) is 10.0. The Hall–Kier alpha value is -3.28. The maximum atomic E-state index is 12.6. The summed E-state index contributed by atoms with van der Waals surface area (Å²) in [5, 5.41) is 4.67. The van der Waals surface area contributed by atoms with Crippen LogP contribution in [0.4, 0.5) is 0 Å². The molecule has 0 spiro atoms. The van der Waals surface area contributed by atoms with Crippen LogP contribution in [0.5, 0.6) is 0 Å². The van der Waals surface area contributed by atoms with Crippen LogP contribution in [0.25, 0.3) is 21.9 Å². The number of fused-ring (bicyclic) bond motifs is 2. The van der Waals surface area contributed by atoms with Crippen LogP contribution in [0.2, 0.25) is 0 Å². The van der Waals surface area contributed by atoms with E-state index in [4.69, 9.17) is 13.3 Å². The van der Waals surface area contributed by atoms with E-state index in [1.54, 1.807) is 30.7 Å². The number of hydrogen-bond acceptors (Lipinski definition) is 5. The predicted octanol–water partition coefficient (Wildman–Crippen LogP) is 4.99. The molecule has 3 aromatic heterocycles. The minimum atomic E-state index is -0.416. The Morgan fingerprint density at radius 1 is 1.10 bits per heavy atom. The van der Waals surface area contributed by atoms with Crippen molar-refractivity contribution in [3.05, 3.63) is 69.7 Å². The van der Waals surface area contributed by atoms with Crippen LogP contribution >= 0.6 is 0 Å². The van der Waals surface area contributed by atoms with E-state index in [1.165, 1.54) is 0 Å². The van der Waals surface area contributed by atoms with Crippen molar-refractivity contribution in [3.8, 4) is 0 Å². The average Bonchev–Trinajstić information content (AvgIpc) is 3.34. The van der Waals surface area contributed by atoms with Crippen molar-refractivity contribution in [3.63, 3.8) is 0 Å². The van der Waals surface area contributed by atoms with Gasteiger partial charge >= 0.3 is 5.63 Å². The van der Waals surface area contributed by atoms with Crippen molar-refractivity contribution in [2.24, 2.45) is 0 Å². The molecule has 0 fully saturated rings. The summed E-state index contributed by atoms with van der Waals surface area (Å²) in [6.07, 6.45) is 3.83. The van der Waals surface area contributed by atoms with Gasteiger partial charge in [-0.25, -0.2) is 4.79 Å². The van der Waals surface area contributed by atoms with Gasteiger partial charge in [-0.1, -0.05) is 20.8 Å². The molecule has 156 valence electrons. The molecular formula is C24H25NO5. The molecule has 0 aliphatic rings. The molecule has 30 heavy (non-hydrogen) atoms. The third-order valence-electron chi connectivity index (χ3n) is 5.43.